The van der Waals surface area contributed by atoms with E-state index in [1.165, 1.54) is 0 Å². The van der Waals surface area contributed by atoms with Crippen molar-refractivity contribution in [3.05, 3.63) is 78.1 Å². The highest BCUT2D eigenvalue weighted by molar-refractivity contribution is 5.98. The molecule has 1 aliphatic carbocycles. The van der Waals surface area contributed by atoms with Crippen LogP contribution < -0.4 is 10.1 Å². The number of benzene rings is 2. The van der Waals surface area contributed by atoms with Crippen LogP contribution in [0.3, 0.4) is 0 Å². The molecule has 0 aliphatic heterocycles. The molecule has 6 rings (SSSR count). The van der Waals surface area contributed by atoms with E-state index in [1.807, 2.05) is 88.4 Å². The molecule has 2 aromatic carbocycles. The van der Waals surface area contributed by atoms with Gasteiger partial charge in [0.25, 0.3) is 0 Å². The van der Waals surface area contributed by atoms with Gasteiger partial charge in [-0.15, -0.1) is 0 Å². The van der Waals surface area contributed by atoms with E-state index in [9.17, 15) is 9.90 Å². The number of ether oxygens (including phenoxy) is 2. The zero-order valence-corrected chi connectivity index (χ0v) is 24.7. The van der Waals surface area contributed by atoms with Gasteiger partial charge in [0.15, 0.2) is 11.3 Å². The number of carbonyl (C=O) groups is 1. The molecule has 0 unspecified atom stereocenters. The summed E-state index contributed by atoms with van der Waals surface area (Å²) in [5, 5.41) is 19.1. The van der Waals surface area contributed by atoms with E-state index in [4.69, 9.17) is 14.5 Å². The number of nitrogens with zero attached hydrogens (tertiary/aromatic N) is 4. The van der Waals surface area contributed by atoms with Crippen LogP contribution in [0.1, 0.15) is 51.8 Å². The fraction of sp³-hybridized carbons (Fsp3) is 0.333. The maximum Gasteiger partial charge on any atom is 0.408 e. The van der Waals surface area contributed by atoms with Crippen molar-refractivity contribution in [2.45, 2.75) is 64.2 Å². The van der Waals surface area contributed by atoms with Crippen LogP contribution in [0.5, 0.6) is 5.75 Å². The number of amides is 1. The Bertz CT molecular complexity index is 1800. The Morgan fingerprint density at radius 2 is 1.74 bits per heavy atom. The number of pyridine rings is 1. The average molecular weight is 566 g/mol. The molecule has 9 heteroatoms. The third kappa shape index (κ3) is 4.94. The van der Waals surface area contributed by atoms with Crippen molar-refractivity contribution in [2.24, 2.45) is 0 Å². The van der Waals surface area contributed by atoms with Gasteiger partial charge < -0.3 is 19.9 Å². The van der Waals surface area contributed by atoms with Crippen molar-refractivity contribution in [3.63, 3.8) is 0 Å². The van der Waals surface area contributed by atoms with Gasteiger partial charge in [-0.3, -0.25) is 0 Å². The van der Waals surface area contributed by atoms with Crippen LogP contribution in [0, 0.1) is 6.92 Å². The van der Waals surface area contributed by atoms with E-state index in [0.29, 0.717) is 29.9 Å². The van der Waals surface area contributed by atoms with Crippen LogP contribution in [-0.2, 0) is 10.3 Å². The lowest BCUT2D eigenvalue weighted by Crippen LogP contribution is -2.62. The fourth-order valence-corrected chi connectivity index (χ4v) is 6.06. The summed E-state index contributed by atoms with van der Waals surface area (Å²) >= 11 is 0. The summed E-state index contributed by atoms with van der Waals surface area (Å²) in [4.78, 5) is 22.6. The normalized spacial score (nSPS) is 20.4. The Kier molecular flexibility index (Phi) is 6.46. The summed E-state index contributed by atoms with van der Waals surface area (Å²) in [6.07, 6.45) is 2.02. The number of aryl methyl sites for hydroxylation is 1. The quantitative estimate of drug-likeness (QED) is 0.261. The van der Waals surface area contributed by atoms with Crippen LogP contribution in [0.25, 0.3) is 39.1 Å². The highest BCUT2D eigenvalue weighted by Crippen LogP contribution is 2.49. The molecule has 0 spiro atoms. The van der Waals surface area contributed by atoms with Gasteiger partial charge in [0.1, 0.15) is 11.4 Å². The first kappa shape index (κ1) is 27.7. The average Bonchev–Trinajstić information content (AvgIpc) is 3.31. The second kappa shape index (κ2) is 9.80. The number of hydrogen-bond donors (Lipinski definition) is 2. The first-order chi connectivity index (χ1) is 19.9. The Morgan fingerprint density at radius 3 is 2.36 bits per heavy atom. The third-order valence-corrected chi connectivity index (χ3v) is 7.59. The predicted octanol–water partition coefficient (Wildman–Crippen LogP) is 6.19. The van der Waals surface area contributed by atoms with Crippen LogP contribution in [0.2, 0.25) is 0 Å². The van der Waals surface area contributed by atoms with Gasteiger partial charge in [0, 0.05) is 30.7 Å². The number of nitrogens with one attached hydrogen (secondary N) is 1. The second-order valence-corrected chi connectivity index (χ2v) is 12.4. The molecule has 1 saturated carbocycles. The lowest BCUT2D eigenvalue weighted by Gasteiger charge is -2.52. The van der Waals surface area contributed by atoms with Crippen LogP contribution in [0.15, 0.2) is 66.9 Å². The standard InChI is InChI=1S/C33H35N5O4/c1-20-16-25-34-17-24-28(41-6)26(21-10-8-7-9-11-21)27(35-29(24)38(25)37-20)22-12-14-23(15-13-22)33(18-32(5,40)19-33)36-30(39)42-31(2,3)4/h7-17,40H,18-19H2,1-6H3,(H,36,39)/t32-,33-. The summed E-state index contributed by atoms with van der Waals surface area (Å²) in [5.74, 6) is 0.658. The Balaban J connectivity index is 1.49. The molecule has 42 heavy (non-hydrogen) atoms. The number of methoxy groups -OCH3 is 1. The first-order valence-corrected chi connectivity index (χ1v) is 14.0. The number of alkyl carbamates (subject to hydrolysis) is 1. The Hall–Kier alpha value is -4.50. The van der Waals surface area contributed by atoms with Gasteiger partial charge in [-0.1, -0.05) is 54.6 Å². The number of aromatic nitrogens is 4. The van der Waals surface area contributed by atoms with Crippen LogP contribution in [0.4, 0.5) is 4.79 Å². The van der Waals surface area contributed by atoms with Gasteiger partial charge in [-0.2, -0.15) is 9.61 Å². The molecule has 0 saturated heterocycles. The van der Waals surface area contributed by atoms with Gasteiger partial charge in [0.2, 0.25) is 0 Å². The zero-order chi connectivity index (χ0) is 29.9. The molecule has 1 amide bonds. The van der Waals surface area contributed by atoms with Crippen molar-refractivity contribution < 1.29 is 19.4 Å². The SMILES string of the molecule is COc1c(-c2ccccc2)c(-c2ccc([C@]3(NC(=O)OC(C)(C)C)C[C@](C)(O)C3)cc2)nc2c1cnc1cc(C)nn12. The highest BCUT2D eigenvalue weighted by Gasteiger charge is 2.53. The van der Waals surface area contributed by atoms with Gasteiger partial charge in [-0.05, 0) is 45.7 Å². The van der Waals surface area contributed by atoms with E-state index >= 15 is 0 Å². The van der Waals surface area contributed by atoms with E-state index in [0.717, 1.165) is 39.0 Å². The zero-order valence-electron chi connectivity index (χ0n) is 24.7. The maximum atomic E-state index is 12.8. The minimum atomic E-state index is -0.886. The van der Waals surface area contributed by atoms with Crippen molar-refractivity contribution in [1.82, 2.24) is 24.9 Å². The van der Waals surface area contributed by atoms with Crippen molar-refractivity contribution in [3.8, 4) is 28.1 Å². The van der Waals surface area contributed by atoms with E-state index in [-0.39, 0.29) is 0 Å². The second-order valence-electron chi connectivity index (χ2n) is 12.4. The van der Waals surface area contributed by atoms with E-state index < -0.39 is 22.8 Å². The summed E-state index contributed by atoms with van der Waals surface area (Å²) in [7, 11) is 1.65. The monoisotopic (exact) mass is 565 g/mol. The molecular weight excluding hydrogens is 530 g/mol. The number of carbonyl (C=O) groups excluding carboxylic acids is 1. The summed E-state index contributed by atoms with van der Waals surface area (Å²) in [5.41, 5.74) is 4.20. The number of aliphatic hydroxyl groups is 1. The molecule has 0 bridgehead atoms. The molecule has 5 aromatic rings. The van der Waals surface area contributed by atoms with Crippen molar-refractivity contribution in [1.29, 1.82) is 0 Å². The maximum absolute atomic E-state index is 12.8. The van der Waals surface area contributed by atoms with Gasteiger partial charge >= 0.3 is 6.09 Å². The van der Waals surface area contributed by atoms with Crippen LogP contribution >= 0.6 is 0 Å². The third-order valence-electron chi connectivity index (χ3n) is 7.59. The largest absolute Gasteiger partial charge is 0.495 e. The lowest BCUT2D eigenvalue weighted by atomic mass is 9.62. The smallest absolute Gasteiger partial charge is 0.408 e. The van der Waals surface area contributed by atoms with Crippen molar-refractivity contribution in [2.75, 3.05) is 7.11 Å². The molecule has 3 aromatic heterocycles. The molecule has 0 atom stereocenters. The lowest BCUT2D eigenvalue weighted by molar-refractivity contribution is -0.0892. The fourth-order valence-electron chi connectivity index (χ4n) is 6.06. The van der Waals surface area contributed by atoms with Gasteiger partial charge in [-0.25, -0.2) is 14.8 Å². The number of rotatable bonds is 5. The summed E-state index contributed by atoms with van der Waals surface area (Å²) in [6.45, 7) is 9.19. The summed E-state index contributed by atoms with van der Waals surface area (Å²) in [6, 6.07) is 19.9. The molecular formula is C33H35N5O4. The van der Waals surface area contributed by atoms with E-state index in [2.05, 4.69) is 15.4 Å². The molecule has 9 nitrogen and oxygen atoms in total. The Morgan fingerprint density at radius 1 is 1.05 bits per heavy atom. The number of fused-ring (bicyclic) bond motifs is 3. The predicted molar refractivity (Wildman–Crippen MR) is 161 cm³/mol. The first-order valence-electron chi connectivity index (χ1n) is 14.0. The molecule has 3 heterocycles. The molecule has 216 valence electrons. The highest BCUT2D eigenvalue weighted by atomic mass is 16.6. The molecule has 0 radical (unpaired) electrons. The van der Waals surface area contributed by atoms with Crippen molar-refractivity contribution >= 4 is 22.8 Å². The Labute approximate surface area is 244 Å². The minimum absolute atomic E-state index is 0.375. The molecule has 2 N–H and O–H groups in total. The number of hydrogen-bond acceptors (Lipinski definition) is 7. The molecule has 1 fully saturated rings. The van der Waals surface area contributed by atoms with Crippen LogP contribution in [-0.4, -0.2) is 49.1 Å². The topological polar surface area (TPSA) is 111 Å². The summed E-state index contributed by atoms with van der Waals surface area (Å²) < 4.78 is 13.3. The van der Waals surface area contributed by atoms with Gasteiger partial charge in [0.05, 0.1) is 40.6 Å². The minimum Gasteiger partial charge on any atom is -0.495 e. The van der Waals surface area contributed by atoms with E-state index in [1.54, 1.807) is 24.7 Å². The molecule has 1 aliphatic rings.